The fraction of sp³-hybridized carbons (Fsp3) is 0.682. The Morgan fingerprint density at radius 1 is 1.13 bits per heavy atom. The molecule has 3 heterocycles. The van der Waals surface area contributed by atoms with Crippen molar-refractivity contribution >= 4 is 11.8 Å². The molecule has 30 heavy (non-hydrogen) atoms. The van der Waals surface area contributed by atoms with Crippen LogP contribution in [0, 0.1) is 18.8 Å². The summed E-state index contributed by atoms with van der Waals surface area (Å²) in [5.74, 6) is 1.15. The summed E-state index contributed by atoms with van der Waals surface area (Å²) in [6.07, 6.45) is 4.82. The van der Waals surface area contributed by atoms with Gasteiger partial charge >= 0.3 is 0 Å². The Hall–Kier alpha value is -2.19. The van der Waals surface area contributed by atoms with Gasteiger partial charge in [0.25, 0.3) is 5.91 Å². The molecular weight excluding hydrogens is 384 g/mol. The van der Waals surface area contributed by atoms with Crippen LogP contribution in [0.25, 0.3) is 0 Å². The average molecular weight is 417 g/mol. The number of amides is 2. The molecule has 0 aromatic carbocycles. The van der Waals surface area contributed by atoms with Crippen molar-refractivity contribution in [1.29, 1.82) is 0 Å². The second-order valence-corrected chi connectivity index (χ2v) is 9.04. The van der Waals surface area contributed by atoms with Crippen LogP contribution in [0.2, 0.25) is 0 Å². The quantitative estimate of drug-likeness (QED) is 0.685. The molecule has 1 atom stereocenters. The van der Waals surface area contributed by atoms with Gasteiger partial charge in [0.15, 0.2) is 5.43 Å². The molecule has 4 rings (SSSR count). The van der Waals surface area contributed by atoms with Gasteiger partial charge in [0.05, 0.1) is 6.10 Å². The lowest BCUT2D eigenvalue weighted by atomic mass is 9.95. The smallest absolute Gasteiger partial charge is 0.267 e. The van der Waals surface area contributed by atoms with E-state index >= 15 is 0 Å². The van der Waals surface area contributed by atoms with Gasteiger partial charge in [0.2, 0.25) is 5.91 Å². The topological polar surface area (TPSA) is 94.7 Å². The normalized spacial score (nSPS) is 23.6. The number of nitrogens with one attached hydrogen (secondary N) is 2. The number of H-pyrrole nitrogens is 1. The van der Waals surface area contributed by atoms with Gasteiger partial charge in [-0.1, -0.05) is 0 Å². The summed E-state index contributed by atoms with van der Waals surface area (Å²) in [4.78, 5) is 43.6. The van der Waals surface area contributed by atoms with Crippen LogP contribution in [0.5, 0.6) is 0 Å². The molecule has 1 unspecified atom stereocenters. The first-order valence-electron chi connectivity index (χ1n) is 11.1. The summed E-state index contributed by atoms with van der Waals surface area (Å²) >= 11 is 0. The lowest BCUT2D eigenvalue weighted by Crippen LogP contribution is -2.52. The number of morpholine rings is 1. The molecule has 1 aromatic rings. The molecule has 2 N–H and O–H groups in total. The second kappa shape index (κ2) is 9.31. The Morgan fingerprint density at radius 2 is 1.87 bits per heavy atom. The largest absolute Gasteiger partial charge is 0.365 e. The van der Waals surface area contributed by atoms with E-state index in [-0.39, 0.29) is 35.6 Å². The standard InChI is InChI=1S/C22H32N4O4/c1-15-8-18(27)9-20(24-15)22(29)23-10-19-13-26(21(28)14-30-19)12-17-4-6-25(7-5-17)11-16-2-3-16/h8-9,16-17,19H,2-7,10-14H2,1H3,(H,23,29)(H,24,27). The first-order valence-corrected chi connectivity index (χ1v) is 11.1. The van der Waals surface area contributed by atoms with Crippen LogP contribution in [-0.4, -0.2) is 78.6 Å². The van der Waals surface area contributed by atoms with Crippen molar-refractivity contribution in [3.63, 3.8) is 0 Å². The van der Waals surface area contributed by atoms with E-state index in [0.717, 1.165) is 38.4 Å². The summed E-state index contributed by atoms with van der Waals surface area (Å²) < 4.78 is 5.63. The third kappa shape index (κ3) is 5.70. The van der Waals surface area contributed by atoms with E-state index in [0.29, 0.717) is 24.7 Å². The number of piperidine rings is 1. The van der Waals surface area contributed by atoms with Crippen LogP contribution < -0.4 is 10.7 Å². The van der Waals surface area contributed by atoms with Crippen LogP contribution in [0.1, 0.15) is 41.9 Å². The van der Waals surface area contributed by atoms with Crippen molar-refractivity contribution in [2.24, 2.45) is 11.8 Å². The number of carbonyl (C=O) groups is 2. The van der Waals surface area contributed by atoms with E-state index < -0.39 is 0 Å². The summed E-state index contributed by atoms with van der Waals surface area (Å²) in [7, 11) is 0. The van der Waals surface area contributed by atoms with E-state index in [1.165, 1.54) is 31.5 Å². The van der Waals surface area contributed by atoms with Crippen LogP contribution in [-0.2, 0) is 9.53 Å². The zero-order valence-corrected chi connectivity index (χ0v) is 17.7. The van der Waals surface area contributed by atoms with Crippen molar-refractivity contribution in [2.75, 3.05) is 45.9 Å². The molecule has 2 amide bonds. The third-order valence-corrected chi connectivity index (χ3v) is 6.33. The van der Waals surface area contributed by atoms with Gasteiger partial charge in [0.1, 0.15) is 12.3 Å². The van der Waals surface area contributed by atoms with E-state index in [1.54, 1.807) is 6.92 Å². The van der Waals surface area contributed by atoms with Crippen LogP contribution >= 0.6 is 0 Å². The predicted octanol–water partition coefficient (Wildman–Crippen LogP) is 0.763. The predicted molar refractivity (Wildman–Crippen MR) is 112 cm³/mol. The average Bonchev–Trinajstić information content (AvgIpc) is 3.53. The Morgan fingerprint density at radius 3 is 2.57 bits per heavy atom. The lowest BCUT2D eigenvalue weighted by Gasteiger charge is -2.38. The number of aryl methyl sites for hydroxylation is 1. The maximum Gasteiger partial charge on any atom is 0.267 e. The number of carbonyl (C=O) groups excluding carboxylic acids is 2. The molecule has 3 aliphatic rings. The SMILES string of the molecule is Cc1cc(=O)cc(C(=O)NCC2CN(CC3CCN(CC4CC4)CC3)C(=O)CO2)[nH]1. The van der Waals surface area contributed by atoms with Gasteiger partial charge in [-0.2, -0.15) is 0 Å². The number of likely N-dealkylation sites (tertiary alicyclic amines) is 1. The number of hydrogen-bond donors (Lipinski definition) is 2. The first kappa shape index (κ1) is 21.1. The summed E-state index contributed by atoms with van der Waals surface area (Å²) in [5.41, 5.74) is 0.675. The lowest BCUT2D eigenvalue weighted by molar-refractivity contribution is -0.149. The summed E-state index contributed by atoms with van der Waals surface area (Å²) in [6.45, 7) is 6.88. The highest BCUT2D eigenvalue weighted by Crippen LogP contribution is 2.31. The maximum absolute atomic E-state index is 12.3. The highest BCUT2D eigenvalue weighted by molar-refractivity contribution is 5.92. The Labute approximate surface area is 177 Å². The molecule has 0 bridgehead atoms. The zero-order chi connectivity index (χ0) is 21.1. The number of aromatic nitrogens is 1. The molecule has 8 heteroatoms. The molecule has 1 aliphatic carbocycles. The molecule has 3 fully saturated rings. The minimum atomic E-state index is -0.342. The fourth-order valence-electron chi connectivity index (χ4n) is 4.42. The highest BCUT2D eigenvalue weighted by Gasteiger charge is 2.31. The molecule has 1 saturated carbocycles. The van der Waals surface area contributed by atoms with Gasteiger partial charge < -0.3 is 24.8 Å². The van der Waals surface area contributed by atoms with E-state index in [4.69, 9.17) is 4.74 Å². The monoisotopic (exact) mass is 416 g/mol. The minimum absolute atomic E-state index is 0.0287. The molecular formula is C22H32N4O4. The van der Waals surface area contributed by atoms with Gasteiger partial charge in [-0.25, -0.2) is 0 Å². The maximum atomic E-state index is 12.3. The molecule has 0 radical (unpaired) electrons. The van der Waals surface area contributed by atoms with Crippen molar-refractivity contribution in [1.82, 2.24) is 20.1 Å². The molecule has 164 valence electrons. The van der Waals surface area contributed by atoms with Crippen LogP contribution in [0.4, 0.5) is 0 Å². The number of nitrogens with zero attached hydrogens (tertiary/aromatic N) is 2. The van der Waals surface area contributed by atoms with Gasteiger partial charge in [-0.3, -0.25) is 14.4 Å². The van der Waals surface area contributed by atoms with Crippen LogP contribution in [0.15, 0.2) is 16.9 Å². The number of aromatic amines is 1. The van der Waals surface area contributed by atoms with Crippen molar-refractivity contribution < 1.29 is 14.3 Å². The fourth-order valence-corrected chi connectivity index (χ4v) is 4.42. The van der Waals surface area contributed by atoms with Gasteiger partial charge in [-0.05, 0) is 57.5 Å². The Kier molecular flexibility index (Phi) is 6.53. The van der Waals surface area contributed by atoms with E-state index in [2.05, 4.69) is 15.2 Å². The minimum Gasteiger partial charge on any atom is -0.365 e. The Balaban J connectivity index is 1.23. The molecule has 2 aliphatic heterocycles. The number of hydrogen-bond acceptors (Lipinski definition) is 5. The second-order valence-electron chi connectivity index (χ2n) is 9.04. The number of pyridine rings is 1. The van der Waals surface area contributed by atoms with E-state index in [9.17, 15) is 14.4 Å². The van der Waals surface area contributed by atoms with Gasteiger partial charge in [-0.15, -0.1) is 0 Å². The highest BCUT2D eigenvalue weighted by atomic mass is 16.5. The van der Waals surface area contributed by atoms with Crippen molar-refractivity contribution in [3.05, 3.63) is 33.7 Å². The van der Waals surface area contributed by atoms with Gasteiger partial charge in [0, 0.05) is 44.0 Å². The van der Waals surface area contributed by atoms with E-state index in [1.807, 2.05) is 4.90 Å². The molecule has 2 saturated heterocycles. The van der Waals surface area contributed by atoms with Crippen molar-refractivity contribution in [3.8, 4) is 0 Å². The first-order chi connectivity index (χ1) is 14.5. The number of rotatable bonds is 7. The summed E-state index contributed by atoms with van der Waals surface area (Å²) in [5, 5.41) is 2.81. The summed E-state index contributed by atoms with van der Waals surface area (Å²) in [6, 6.07) is 2.73. The third-order valence-electron chi connectivity index (χ3n) is 6.33. The molecule has 1 aromatic heterocycles. The zero-order valence-electron chi connectivity index (χ0n) is 17.7. The number of ether oxygens (including phenoxy) is 1. The van der Waals surface area contributed by atoms with Crippen molar-refractivity contribution in [2.45, 2.75) is 38.7 Å². The van der Waals surface area contributed by atoms with Crippen LogP contribution in [0.3, 0.4) is 0 Å². The molecule has 8 nitrogen and oxygen atoms in total. The Bertz CT molecular complexity index is 827. The molecule has 0 spiro atoms.